The van der Waals surface area contributed by atoms with E-state index in [1.807, 2.05) is 36.2 Å². The molecule has 7 heteroatoms. The maximum Gasteiger partial charge on any atom is 0.321 e. The molecule has 0 radical (unpaired) electrons. The van der Waals surface area contributed by atoms with Crippen LogP contribution in [0.25, 0.3) is 11.4 Å². The molecule has 1 saturated heterocycles. The van der Waals surface area contributed by atoms with Crippen LogP contribution in [-0.4, -0.2) is 58.0 Å². The highest BCUT2D eigenvalue weighted by Gasteiger charge is 2.25. The molecule has 1 aromatic heterocycles. The minimum atomic E-state index is -0.146. The summed E-state index contributed by atoms with van der Waals surface area (Å²) < 4.78 is 0. The van der Waals surface area contributed by atoms with Crippen molar-refractivity contribution in [3.05, 3.63) is 42.7 Å². The van der Waals surface area contributed by atoms with E-state index in [9.17, 15) is 4.79 Å². The number of nitrogens with one attached hydrogen (secondary N) is 1. The van der Waals surface area contributed by atoms with E-state index in [1.54, 1.807) is 23.4 Å². The molecule has 2 aromatic rings. The maximum atomic E-state index is 12.3. The number of urea groups is 1. The number of nitrogens with zero attached hydrogens (tertiary/aromatic N) is 4. The topological polar surface area (TPSA) is 61.4 Å². The number of benzene rings is 1. The summed E-state index contributed by atoms with van der Waals surface area (Å²) in [7, 11) is 1.96. The molecule has 6 nitrogen and oxygen atoms in total. The third-order valence-electron chi connectivity index (χ3n) is 3.82. The summed E-state index contributed by atoms with van der Waals surface area (Å²) in [5.41, 5.74) is 1.50. The van der Waals surface area contributed by atoms with Gasteiger partial charge in [-0.1, -0.05) is 0 Å². The Morgan fingerprint density at radius 3 is 2.57 bits per heavy atom. The fourth-order valence-corrected chi connectivity index (χ4v) is 2.63. The van der Waals surface area contributed by atoms with Crippen LogP contribution >= 0.6 is 11.6 Å². The summed E-state index contributed by atoms with van der Waals surface area (Å²) in [6.45, 7) is 1.95. The third-order valence-corrected chi connectivity index (χ3v) is 4.29. The van der Waals surface area contributed by atoms with Crippen molar-refractivity contribution in [3.8, 4) is 11.4 Å². The molecule has 0 aliphatic carbocycles. The normalized spacial score (nSPS) is 18.7. The second-order valence-electron chi connectivity index (χ2n) is 5.44. The van der Waals surface area contributed by atoms with Gasteiger partial charge in [-0.15, -0.1) is 11.6 Å². The smallest absolute Gasteiger partial charge is 0.320 e. The van der Waals surface area contributed by atoms with Gasteiger partial charge in [0.05, 0.1) is 6.54 Å². The van der Waals surface area contributed by atoms with Crippen LogP contribution in [0.4, 0.5) is 10.5 Å². The van der Waals surface area contributed by atoms with E-state index in [4.69, 9.17) is 11.6 Å². The van der Waals surface area contributed by atoms with Crippen LogP contribution in [0.3, 0.4) is 0 Å². The average molecular weight is 332 g/mol. The lowest BCUT2D eigenvalue weighted by Gasteiger charge is -2.36. The van der Waals surface area contributed by atoms with Crippen LogP contribution < -0.4 is 5.32 Å². The highest BCUT2D eigenvalue weighted by atomic mass is 35.5. The van der Waals surface area contributed by atoms with Gasteiger partial charge in [-0.3, -0.25) is 4.90 Å². The van der Waals surface area contributed by atoms with Crippen LogP contribution in [0.15, 0.2) is 42.7 Å². The quantitative estimate of drug-likeness (QED) is 0.678. The van der Waals surface area contributed by atoms with Crippen LogP contribution in [-0.2, 0) is 0 Å². The molecule has 120 valence electrons. The second kappa shape index (κ2) is 6.93. The first kappa shape index (κ1) is 15.7. The molecule has 0 spiro atoms. The predicted octanol–water partition coefficient (Wildman–Crippen LogP) is 2.49. The first-order valence-electron chi connectivity index (χ1n) is 7.41. The summed E-state index contributed by atoms with van der Waals surface area (Å²) in [4.78, 5) is 24.4. The van der Waals surface area contributed by atoms with Gasteiger partial charge in [0.1, 0.15) is 5.50 Å². The molecule has 0 bridgehead atoms. The molecule has 1 unspecified atom stereocenters. The number of amides is 2. The lowest BCUT2D eigenvalue weighted by atomic mass is 10.2. The molecule has 1 aromatic carbocycles. The number of alkyl halides is 1. The molecular weight excluding hydrogens is 314 g/mol. The lowest BCUT2D eigenvalue weighted by molar-refractivity contribution is 0.150. The number of hydrogen-bond donors (Lipinski definition) is 1. The molecule has 1 N–H and O–H groups in total. The zero-order valence-corrected chi connectivity index (χ0v) is 13.6. The maximum absolute atomic E-state index is 12.3. The zero-order chi connectivity index (χ0) is 16.2. The van der Waals surface area contributed by atoms with Crippen LogP contribution in [0.5, 0.6) is 0 Å². The Kier molecular flexibility index (Phi) is 4.73. The van der Waals surface area contributed by atoms with Crippen molar-refractivity contribution in [1.29, 1.82) is 0 Å². The van der Waals surface area contributed by atoms with Crippen LogP contribution in [0.1, 0.15) is 0 Å². The van der Waals surface area contributed by atoms with Gasteiger partial charge in [-0.05, 0) is 37.4 Å². The molecule has 1 fully saturated rings. The number of rotatable bonds is 2. The van der Waals surface area contributed by atoms with Crippen LogP contribution in [0, 0.1) is 0 Å². The molecule has 2 heterocycles. The molecule has 23 heavy (non-hydrogen) atoms. The molecular formula is C16H18ClN5O. The highest BCUT2D eigenvalue weighted by molar-refractivity contribution is 6.20. The second-order valence-corrected chi connectivity index (χ2v) is 5.94. The van der Waals surface area contributed by atoms with Crippen molar-refractivity contribution in [3.63, 3.8) is 0 Å². The molecule has 1 aliphatic rings. The highest BCUT2D eigenvalue weighted by Crippen LogP contribution is 2.18. The number of piperazine rings is 1. The van der Waals surface area contributed by atoms with Gasteiger partial charge in [-0.2, -0.15) is 0 Å². The minimum Gasteiger partial charge on any atom is -0.320 e. The Morgan fingerprint density at radius 1 is 1.22 bits per heavy atom. The Balaban J connectivity index is 1.63. The molecule has 1 atom stereocenters. The van der Waals surface area contributed by atoms with E-state index in [-0.39, 0.29) is 11.5 Å². The Hall–Kier alpha value is -2.18. The summed E-state index contributed by atoms with van der Waals surface area (Å²) >= 11 is 6.19. The first-order valence-corrected chi connectivity index (χ1v) is 7.85. The summed E-state index contributed by atoms with van der Waals surface area (Å²) in [6.07, 6.45) is 3.40. The molecule has 0 saturated carbocycles. The first-order chi connectivity index (χ1) is 11.1. The van der Waals surface area contributed by atoms with E-state index < -0.39 is 0 Å². The number of likely N-dealkylation sites (N-methyl/N-ethyl adjacent to an activating group) is 1. The van der Waals surface area contributed by atoms with Crippen molar-refractivity contribution in [2.24, 2.45) is 0 Å². The van der Waals surface area contributed by atoms with Gasteiger partial charge >= 0.3 is 6.03 Å². The number of aromatic nitrogens is 2. The van der Waals surface area contributed by atoms with Gasteiger partial charge in [0, 0.05) is 36.7 Å². The minimum absolute atomic E-state index is 0.132. The molecule has 1 aliphatic heterocycles. The van der Waals surface area contributed by atoms with Crippen molar-refractivity contribution in [2.45, 2.75) is 5.50 Å². The van der Waals surface area contributed by atoms with Gasteiger partial charge < -0.3 is 10.2 Å². The number of halogens is 1. The van der Waals surface area contributed by atoms with Gasteiger partial charge in [0.25, 0.3) is 0 Å². The summed E-state index contributed by atoms with van der Waals surface area (Å²) in [5, 5.41) is 2.89. The summed E-state index contributed by atoms with van der Waals surface area (Å²) in [6, 6.07) is 9.11. The van der Waals surface area contributed by atoms with E-state index in [1.165, 1.54) is 0 Å². The van der Waals surface area contributed by atoms with Gasteiger partial charge in [0.15, 0.2) is 5.82 Å². The molecule has 2 amide bonds. The predicted molar refractivity (Wildman–Crippen MR) is 90.3 cm³/mol. The number of anilines is 1. The molecule has 3 rings (SSSR count). The van der Waals surface area contributed by atoms with Crippen molar-refractivity contribution >= 4 is 23.3 Å². The third kappa shape index (κ3) is 3.78. The van der Waals surface area contributed by atoms with Crippen molar-refractivity contribution in [1.82, 2.24) is 19.8 Å². The Bertz CT molecular complexity index is 664. The number of carbonyl (C=O) groups is 1. The lowest BCUT2D eigenvalue weighted by Crippen LogP contribution is -2.52. The summed E-state index contributed by atoms with van der Waals surface area (Å²) in [5.74, 6) is 0.662. The fourth-order valence-electron chi connectivity index (χ4n) is 2.37. The van der Waals surface area contributed by atoms with E-state index >= 15 is 0 Å². The van der Waals surface area contributed by atoms with Crippen molar-refractivity contribution in [2.75, 3.05) is 32.0 Å². The van der Waals surface area contributed by atoms with E-state index in [2.05, 4.69) is 15.3 Å². The standard InChI is InChI=1S/C16H18ClN5O/c1-21-9-10-22(11-14(21)17)16(23)20-13-5-3-12(4-6-13)15-18-7-2-8-19-15/h2-8,14H,9-11H2,1H3,(H,20,23). The SMILES string of the molecule is CN1CCN(C(=O)Nc2ccc(-c3ncccn3)cc2)CC1Cl. The van der Waals surface area contributed by atoms with Crippen molar-refractivity contribution < 1.29 is 4.79 Å². The van der Waals surface area contributed by atoms with E-state index in [0.29, 0.717) is 18.9 Å². The monoisotopic (exact) mass is 331 g/mol. The largest absolute Gasteiger partial charge is 0.321 e. The fraction of sp³-hybridized carbons (Fsp3) is 0.312. The number of carbonyl (C=O) groups excluding carboxylic acids is 1. The Labute approximate surface area is 140 Å². The van der Waals surface area contributed by atoms with Gasteiger partial charge in [-0.25, -0.2) is 14.8 Å². The van der Waals surface area contributed by atoms with E-state index in [0.717, 1.165) is 17.8 Å². The Morgan fingerprint density at radius 2 is 1.91 bits per heavy atom. The average Bonchev–Trinajstić information content (AvgIpc) is 2.59. The zero-order valence-electron chi connectivity index (χ0n) is 12.8. The van der Waals surface area contributed by atoms with Gasteiger partial charge in [0.2, 0.25) is 0 Å². The number of hydrogen-bond acceptors (Lipinski definition) is 4. The van der Waals surface area contributed by atoms with Crippen LogP contribution in [0.2, 0.25) is 0 Å².